The minimum Gasteiger partial charge on any atom is -0.481 e. The number of carboxylic acids is 1. The summed E-state index contributed by atoms with van der Waals surface area (Å²) in [5, 5.41) is 9.39. The summed E-state index contributed by atoms with van der Waals surface area (Å²) >= 11 is 0. The molecule has 1 N–H and O–H groups in total. The van der Waals surface area contributed by atoms with Crippen LogP contribution < -0.4 is 0 Å². The smallest absolute Gasteiger partial charge is 0.308 e. The quantitative estimate of drug-likeness (QED) is 0.914. The molecule has 3 rings (SSSR count). The molecule has 0 radical (unpaired) electrons. The molecule has 0 spiro atoms. The van der Waals surface area contributed by atoms with Gasteiger partial charge in [-0.1, -0.05) is 36.8 Å². The van der Waals surface area contributed by atoms with E-state index in [1.54, 1.807) is 0 Å². The van der Waals surface area contributed by atoms with Crippen molar-refractivity contribution >= 4 is 5.97 Å². The Balaban J connectivity index is 1.87. The van der Waals surface area contributed by atoms with Crippen molar-refractivity contribution in [3.05, 3.63) is 35.4 Å². The fourth-order valence-electron chi connectivity index (χ4n) is 4.19. The Morgan fingerprint density at radius 1 is 1.35 bits per heavy atom. The summed E-state index contributed by atoms with van der Waals surface area (Å²) in [4.78, 5) is 13.9. The molecule has 0 amide bonds. The molecule has 2 aliphatic heterocycles. The van der Waals surface area contributed by atoms with Crippen LogP contribution in [-0.2, 0) is 4.79 Å². The molecule has 0 aromatic heterocycles. The number of aliphatic carboxylic acids is 1. The summed E-state index contributed by atoms with van der Waals surface area (Å²) in [5.41, 5.74) is 2.61. The zero-order valence-corrected chi connectivity index (χ0v) is 12.2. The van der Waals surface area contributed by atoms with Crippen LogP contribution in [0.3, 0.4) is 0 Å². The van der Waals surface area contributed by atoms with Crippen LogP contribution in [0.1, 0.15) is 49.8 Å². The van der Waals surface area contributed by atoms with E-state index in [4.69, 9.17) is 0 Å². The van der Waals surface area contributed by atoms with Crippen LogP contribution in [0.5, 0.6) is 0 Å². The average molecular weight is 273 g/mol. The van der Waals surface area contributed by atoms with Gasteiger partial charge >= 0.3 is 5.97 Å². The highest BCUT2D eigenvalue weighted by atomic mass is 16.4. The Bertz CT molecular complexity index is 496. The lowest BCUT2D eigenvalue weighted by Gasteiger charge is -2.32. The number of hydrogen-bond acceptors (Lipinski definition) is 2. The number of hydrogen-bond donors (Lipinski definition) is 1. The fraction of sp³-hybridized carbons (Fsp3) is 0.588. The van der Waals surface area contributed by atoms with Crippen molar-refractivity contribution in [2.45, 2.75) is 57.7 Å². The van der Waals surface area contributed by atoms with Crippen LogP contribution in [0.2, 0.25) is 0 Å². The van der Waals surface area contributed by atoms with Crippen LogP contribution in [0.4, 0.5) is 0 Å². The maximum Gasteiger partial charge on any atom is 0.308 e. The van der Waals surface area contributed by atoms with Crippen LogP contribution in [0.15, 0.2) is 24.3 Å². The second-order valence-electron chi connectivity index (χ2n) is 6.26. The van der Waals surface area contributed by atoms with Gasteiger partial charge in [0.25, 0.3) is 0 Å². The van der Waals surface area contributed by atoms with E-state index < -0.39 is 5.97 Å². The summed E-state index contributed by atoms with van der Waals surface area (Å²) in [5.74, 6) is -0.769. The van der Waals surface area contributed by atoms with E-state index in [1.807, 2.05) is 0 Å². The second-order valence-corrected chi connectivity index (χ2v) is 6.26. The first-order valence-corrected chi connectivity index (χ1v) is 7.68. The number of aryl methyl sites for hydroxylation is 1. The number of benzene rings is 1. The van der Waals surface area contributed by atoms with E-state index in [0.29, 0.717) is 12.1 Å². The lowest BCUT2D eigenvalue weighted by Crippen LogP contribution is -2.35. The summed E-state index contributed by atoms with van der Waals surface area (Å²) in [6.07, 6.45) is 4.09. The van der Waals surface area contributed by atoms with Crippen LogP contribution in [-0.4, -0.2) is 28.1 Å². The standard InChI is InChI=1S/C17H23NO2/c1-3-15(12-6-4-11(2)5-7-12)18-13-8-9-16(18)14(10-13)17(19)20/h4-7,13-16H,3,8-10H2,1-2H3,(H,19,20). The zero-order chi connectivity index (χ0) is 14.3. The van der Waals surface area contributed by atoms with Gasteiger partial charge in [0.1, 0.15) is 0 Å². The van der Waals surface area contributed by atoms with Gasteiger partial charge in [0, 0.05) is 18.1 Å². The largest absolute Gasteiger partial charge is 0.481 e. The van der Waals surface area contributed by atoms with Gasteiger partial charge in [0.05, 0.1) is 5.92 Å². The Kier molecular flexibility index (Phi) is 3.55. The summed E-state index contributed by atoms with van der Waals surface area (Å²) in [7, 11) is 0. The number of nitrogens with zero attached hydrogens (tertiary/aromatic N) is 1. The molecule has 2 saturated heterocycles. The SMILES string of the molecule is CCC(c1ccc(C)cc1)N1C2CCC1C(C(=O)O)C2. The highest BCUT2D eigenvalue weighted by Crippen LogP contribution is 2.47. The Labute approximate surface area is 120 Å². The van der Waals surface area contributed by atoms with Crippen LogP contribution in [0, 0.1) is 12.8 Å². The third kappa shape index (κ3) is 2.14. The van der Waals surface area contributed by atoms with Gasteiger partial charge in [-0.3, -0.25) is 9.69 Å². The first kappa shape index (κ1) is 13.6. The van der Waals surface area contributed by atoms with Crippen molar-refractivity contribution in [2.75, 3.05) is 0 Å². The Morgan fingerprint density at radius 3 is 2.60 bits per heavy atom. The second kappa shape index (κ2) is 5.21. The topological polar surface area (TPSA) is 40.5 Å². The molecule has 4 atom stereocenters. The third-order valence-corrected chi connectivity index (χ3v) is 5.12. The van der Waals surface area contributed by atoms with Crippen molar-refractivity contribution < 1.29 is 9.90 Å². The number of carboxylic acid groups (broad SMARTS) is 1. The molecule has 20 heavy (non-hydrogen) atoms. The van der Waals surface area contributed by atoms with E-state index in [2.05, 4.69) is 43.0 Å². The summed E-state index contributed by atoms with van der Waals surface area (Å²) in [6, 6.07) is 9.80. The summed E-state index contributed by atoms with van der Waals surface area (Å²) in [6.45, 7) is 4.31. The highest BCUT2D eigenvalue weighted by molar-refractivity contribution is 5.71. The molecule has 2 bridgehead atoms. The maximum atomic E-state index is 11.4. The average Bonchev–Trinajstić information content (AvgIpc) is 3.00. The molecule has 3 heteroatoms. The Hall–Kier alpha value is -1.35. The van der Waals surface area contributed by atoms with Crippen molar-refractivity contribution in [3.8, 4) is 0 Å². The first-order valence-electron chi connectivity index (χ1n) is 7.68. The van der Waals surface area contributed by atoms with Crippen LogP contribution >= 0.6 is 0 Å². The predicted octanol–water partition coefficient (Wildman–Crippen LogP) is 3.38. The lowest BCUT2D eigenvalue weighted by molar-refractivity contribution is -0.142. The minimum absolute atomic E-state index is 0.159. The molecule has 0 aliphatic carbocycles. The highest BCUT2D eigenvalue weighted by Gasteiger charge is 2.51. The lowest BCUT2D eigenvalue weighted by atomic mass is 9.89. The van der Waals surface area contributed by atoms with Crippen molar-refractivity contribution in [2.24, 2.45) is 5.92 Å². The van der Waals surface area contributed by atoms with Gasteiger partial charge in [0.2, 0.25) is 0 Å². The number of fused-ring (bicyclic) bond motifs is 2. The zero-order valence-electron chi connectivity index (χ0n) is 12.2. The molecule has 108 valence electrons. The normalized spacial score (nSPS) is 30.6. The van der Waals surface area contributed by atoms with Crippen molar-refractivity contribution in [1.82, 2.24) is 4.90 Å². The number of rotatable bonds is 4. The maximum absolute atomic E-state index is 11.4. The molecule has 0 saturated carbocycles. The number of carbonyl (C=O) groups is 1. The molecule has 4 unspecified atom stereocenters. The molecule has 1 aromatic carbocycles. The monoisotopic (exact) mass is 273 g/mol. The van der Waals surface area contributed by atoms with E-state index in [1.165, 1.54) is 11.1 Å². The van der Waals surface area contributed by atoms with E-state index in [0.717, 1.165) is 25.7 Å². The molecular weight excluding hydrogens is 250 g/mol. The molecule has 1 aromatic rings. The van der Waals surface area contributed by atoms with Crippen molar-refractivity contribution in [1.29, 1.82) is 0 Å². The first-order chi connectivity index (χ1) is 9.61. The van der Waals surface area contributed by atoms with E-state index in [-0.39, 0.29) is 12.0 Å². The molecule has 3 nitrogen and oxygen atoms in total. The molecule has 2 aliphatic rings. The minimum atomic E-state index is -0.610. The predicted molar refractivity (Wildman–Crippen MR) is 78.6 cm³/mol. The summed E-state index contributed by atoms with van der Waals surface area (Å²) < 4.78 is 0. The van der Waals surface area contributed by atoms with Gasteiger partial charge in [-0.2, -0.15) is 0 Å². The van der Waals surface area contributed by atoms with Gasteiger partial charge < -0.3 is 5.11 Å². The van der Waals surface area contributed by atoms with Gasteiger partial charge in [-0.05, 0) is 38.2 Å². The van der Waals surface area contributed by atoms with E-state index in [9.17, 15) is 9.90 Å². The fourth-order valence-corrected chi connectivity index (χ4v) is 4.19. The third-order valence-electron chi connectivity index (χ3n) is 5.12. The van der Waals surface area contributed by atoms with Gasteiger partial charge in [0.15, 0.2) is 0 Å². The molecule has 2 fully saturated rings. The Morgan fingerprint density at radius 2 is 2.05 bits per heavy atom. The van der Waals surface area contributed by atoms with Gasteiger partial charge in [-0.25, -0.2) is 0 Å². The van der Waals surface area contributed by atoms with E-state index >= 15 is 0 Å². The van der Waals surface area contributed by atoms with Gasteiger partial charge in [-0.15, -0.1) is 0 Å². The molecular formula is C17H23NO2. The van der Waals surface area contributed by atoms with Crippen LogP contribution in [0.25, 0.3) is 0 Å². The molecule has 2 heterocycles. The van der Waals surface area contributed by atoms with Crippen molar-refractivity contribution in [3.63, 3.8) is 0 Å².